The molecule has 0 spiro atoms. The van der Waals surface area contributed by atoms with Crippen molar-refractivity contribution in [2.45, 2.75) is 57.4 Å². The maximum Gasteiger partial charge on any atom is 0.322 e. The van der Waals surface area contributed by atoms with Gasteiger partial charge in [0.15, 0.2) is 9.84 Å². The number of halogens is 1. The van der Waals surface area contributed by atoms with Gasteiger partial charge < -0.3 is 5.32 Å². The molecular formula is C29H33FN2O3S. The Labute approximate surface area is 213 Å². The van der Waals surface area contributed by atoms with E-state index in [1.165, 1.54) is 6.07 Å². The van der Waals surface area contributed by atoms with E-state index in [0.29, 0.717) is 13.1 Å². The van der Waals surface area contributed by atoms with Crippen molar-refractivity contribution in [3.05, 3.63) is 83.2 Å². The quantitative estimate of drug-likeness (QED) is 0.403. The lowest BCUT2D eigenvalue weighted by Gasteiger charge is -2.28. The summed E-state index contributed by atoms with van der Waals surface area (Å²) in [5.41, 5.74) is 5.57. The van der Waals surface area contributed by atoms with Crippen LogP contribution in [-0.4, -0.2) is 26.7 Å². The molecule has 3 aromatic carbocycles. The van der Waals surface area contributed by atoms with Crippen molar-refractivity contribution in [3.63, 3.8) is 0 Å². The van der Waals surface area contributed by atoms with Crippen LogP contribution in [0.4, 0.5) is 14.9 Å². The van der Waals surface area contributed by atoms with Crippen LogP contribution in [0.5, 0.6) is 0 Å². The molecule has 7 heteroatoms. The number of carbonyl (C=O) groups is 1. The topological polar surface area (TPSA) is 66.5 Å². The number of nitrogens with one attached hydrogen (secondary N) is 1. The Morgan fingerprint density at radius 1 is 1.00 bits per heavy atom. The van der Waals surface area contributed by atoms with Gasteiger partial charge in [-0.25, -0.2) is 17.6 Å². The van der Waals surface area contributed by atoms with Gasteiger partial charge in [0.1, 0.15) is 5.82 Å². The molecule has 3 aromatic rings. The zero-order valence-electron chi connectivity index (χ0n) is 21.3. The van der Waals surface area contributed by atoms with E-state index < -0.39 is 9.84 Å². The van der Waals surface area contributed by atoms with Crippen molar-refractivity contribution in [3.8, 4) is 11.1 Å². The van der Waals surface area contributed by atoms with Crippen LogP contribution in [-0.2, 0) is 21.8 Å². The summed E-state index contributed by atoms with van der Waals surface area (Å²) >= 11 is 0. The second-order valence-electron chi connectivity index (χ2n) is 9.47. The molecule has 0 radical (unpaired) electrons. The predicted octanol–water partition coefficient (Wildman–Crippen LogP) is 6.38. The molecule has 0 fully saturated rings. The minimum absolute atomic E-state index is 0.0521. The van der Waals surface area contributed by atoms with Crippen molar-refractivity contribution < 1.29 is 17.6 Å². The number of rotatable bonds is 7. The monoisotopic (exact) mass is 508 g/mol. The Morgan fingerprint density at radius 2 is 1.69 bits per heavy atom. The van der Waals surface area contributed by atoms with Crippen LogP contribution in [0.15, 0.2) is 65.6 Å². The number of hydrogen-bond acceptors (Lipinski definition) is 3. The first-order valence-corrected chi connectivity index (χ1v) is 14.1. The first kappa shape index (κ1) is 25.9. The third-order valence-electron chi connectivity index (χ3n) is 7.52. The second kappa shape index (κ2) is 10.1. The summed E-state index contributed by atoms with van der Waals surface area (Å²) in [7, 11) is -3.25. The van der Waals surface area contributed by atoms with Crippen molar-refractivity contribution in [1.29, 1.82) is 0 Å². The van der Waals surface area contributed by atoms with E-state index in [2.05, 4.69) is 25.2 Å². The fourth-order valence-corrected chi connectivity index (χ4v) is 5.96. The van der Waals surface area contributed by atoms with Gasteiger partial charge in [0.25, 0.3) is 0 Å². The van der Waals surface area contributed by atoms with Crippen LogP contribution in [0.25, 0.3) is 11.1 Å². The van der Waals surface area contributed by atoms with Gasteiger partial charge in [-0.05, 0) is 84.0 Å². The largest absolute Gasteiger partial charge is 0.334 e. The highest BCUT2D eigenvalue weighted by Crippen LogP contribution is 2.46. The van der Waals surface area contributed by atoms with E-state index in [1.807, 2.05) is 25.1 Å². The minimum atomic E-state index is -3.25. The molecule has 4 rings (SSSR count). The summed E-state index contributed by atoms with van der Waals surface area (Å²) in [5, 5.41) is 3.00. The lowest BCUT2D eigenvalue weighted by Crippen LogP contribution is -2.42. The number of aryl methyl sites for hydroxylation is 1. The van der Waals surface area contributed by atoms with Crippen molar-refractivity contribution in [1.82, 2.24) is 5.32 Å². The van der Waals surface area contributed by atoms with Gasteiger partial charge >= 0.3 is 6.03 Å². The summed E-state index contributed by atoms with van der Waals surface area (Å²) in [4.78, 5) is 15.4. The molecule has 1 aliphatic heterocycles. The molecule has 0 bridgehead atoms. The standard InChI is InChI=1S/C29H33FN2O3S/c1-5-29(6-2)19-32(28(33)31-18-21-8-12-24(13-9-21)36(34,35)7-3)27-15-10-22(17-26(27)29)25-14-11-23(30)16-20(25)4/h8-17H,5-7,18-19H2,1-4H3,(H,31,33). The van der Waals surface area contributed by atoms with E-state index in [1.54, 1.807) is 42.2 Å². The van der Waals surface area contributed by atoms with Gasteiger partial charge in [-0.3, -0.25) is 4.90 Å². The maximum atomic E-state index is 13.7. The zero-order chi connectivity index (χ0) is 26.1. The smallest absolute Gasteiger partial charge is 0.322 e. The third-order valence-corrected chi connectivity index (χ3v) is 9.27. The summed E-state index contributed by atoms with van der Waals surface area (Å²) < 4.78 is 37.7. The molecule has 36 heavy (non-hydrogen) atoms. The molecular weight excluding hydrogens is 475 g/mol. The lowest BCUT2D eigenvalue weighted by atomic mass is 9.77. The average molecular weight is 509 g/mol. The molecule has 0 saturated carbocycles. The highest BCUT2D eigenvalue weighted by Gasteiger charge is 2.42. The number of carbonyl (C=O) groups excluding carboxylic acids is 1. The van der Waals surface area contributed by atoms with E-state index in [0.717, 1.165) is 46.3 Å². The molecule has 0 aliphatic carbocycles. The molecule has 0 atom stereocenters. The Morgan fingerprint density at radius 3 is 2.31 bits per heavy atom. The normalized spacial score (nSPS) is 14.5. The highest BCUT2D eigenvalue weighted by atomic mass is 32.2. The number of nitrogens with zero attached hydrogens (tertiary/aromatic N) is 1. The molecule has 1 aliphatic rings. The third kappa shape index (κ3) is 4.76. The van der Waals surface area contributed by atoms with E-state index in [9.17, 15) is 17.6 Å². The summed E-state index contributed by atoms with van der Waals surface area (Å²) in [6.45, 7) is 8.71. The Hall–Kier alpha value is -3.19. The molecule has 0 aromatic heterocycles. The highest BCUT2D eigenvalue weighted by molar-refractivity contribution is 7.91. The Balaban J connectivity index is 1.58. The SMILES string of the molecule is CCC1(CC)CN(C(=O)NCc2ccc(S(=O)(=O)CC)cc2)c2ccc(-c3ccc(F)cc3C)cc21. The zero-order valence-corrected chi connectivity index (χ0v) is 22.1. The van der Waals surface area contributed by atoms with Crippen LogP contribution < -0.4 is 10.2 Å². The van der Waals surface area contributed by atoms with Gasteiger partial charge in [0, 0.05) is 24.2 Å². The van der Waals surface area contributed by atoms with Gasteiger partial charge in [-0.2, -0.15) is 0 Å². The first-order valence-electron chi connectivity index (χ1n) is 12.4. The molecule has 0 unspecified atom stereocenters. The number of sulfone groups is 1. The number of fused-ring (bicyclic) bond motifs is 1. The van der Waals surface area contributed by atoms with Crippen LogP contribution in [0.3, 0.4) is 0 Å². The number of urea groups is 1. The second-order valence-corrected chi connectivity index (χ2v) is 11.7. The van der Waals surface area contributed by atoms with E-state index >= 15 is 0 Å². The Bertz CT molecular complexity index is 1380. The molecule has 1 heterocycles. The van der Waals surface area contributed by atoms with Crippen molar-refractivity contribution >= 4 is 21.6 Å². The number of amides is 2. The van der Waals surface area contributed by atoms with Gasteiger partial charge in [-0.15, -0.1) is 0 Å². The van der Waals surface area contributed by atoms with Crippen LogP contribution in [0.2, 0.25) is 0 Å². The average Bonchev–Trinajstić information content (AvgIpc) is 3.22. The van der Waals surface area contributed by atoms with Gasteiger partial charge in [-0.1, -0.05) is 45.0 Å². The Kier molecular flexibility index (Phi) is 7.23. The van der Waals surface area contributed by atoms with Gasteiger partial charge in [0.05, 0.1) is 10.6 Å². The van der Waals surface area contributed by atoms with Crippen LogP contribution in [0, 0.1) is 12.7 Å². The molecule has 190 valence electrons. The van der Waals surface area contributed by atoms with Crippen molar-refractivity contribution in [2.24, 2.45) is 0 Å². The predicted molar refractivity (Wildman–Crippen MR) is 143 cm³/mol. The number of hydrogen-bond donors (Lipinski definition) is 1. The molecule has 2 amide bonds. The molecule has 0 saturated heterocycles. The molecule has 1 N–H and O–H groups in total. The summed E-state index contributed by atoms with van der Waals surface area (Å²) in [6, 6.07) is 17.4. The summed E-state index contributed by atoms with van der Waals surface area (Å²) in [6.07, 6.45) is 1.78. The number of anilines is 1. The first-order chi connectivity index (χ1) is 17.1. The van der Waals surface area contributed by atoms with E-state index in [4.69, 9.17) is 0 Å². The van der Waals surface area contributed by atoms with E-state index in [-0.39, 0.29) is 27.9 Å². The summed E-state index contributed by atoms with van der Waals surface area (Å²) in [5.74, 6) is -0.199. The fourth-order valence-electron chi connectivity index (χ4n) is 5.08. The minimum Gasteiger partial charge on any atom is -0.334 e. The number of benzene rings is 3. The maximum absolute atomic E-state index is 13.7. The van der Waals surface area contributed by atoms with Crippen LogP contribution in [0.1, 0.15) is 50.3 Å². The lowest BCUT2D eigenvalue weighted by molar-refractivity contribution is 0.244. The van der Waals surface area contributed by atoms with Gasteiger partial charge in [0.2, 0.25) is 0 Å². The fraction of sp³-hybridized carbons (Fsp3) is 0.345. The van der Waals surface area contributed by atoms with Crippen LogP contribution >= 0.6 is 0 Å². The van der Waals surface area contributed by atoms with Crippen molar-refractivity contribution in [2.75, 3.05) is 17.2 Å². The molecule has 5 nitrogen and oxygen atoms in total.